The van der Waals surface area contributed by atoms with Crippen molar-refractivity contribution in [2.75, 3.05) is 26.2 Å². The fourth-order valence-electron chi connectivity index (χ4n) is 4.55. The number of amides is 3. The molecule has 0 aromatic heterocycles. The third kappa shape index (κ3) is 4.65. The van der Waals surface area contributed by atoms with Crippen molar-refractivity contribution in [3.8, 4) is 0 Å². The van der Waals surface area contributed by atoms with Gasteiger partial charge in [0.25, 0.3) is 5.91 Å². The van der Waals surface area contributed by atoms with E-state index in [0.29, 0.717) is 25.9 Å². The minimum atomic E-state index is -0.526. The molecule has 6 nitrogen and oxygen atoms in total. The summed E-state index contributed by atoms with van der Waals surface area (Å²) in [5.41, 5.74) is 0.0823. The van der Waals surface area contributed by atoms with Crippen LogP contribution >= 0.6 is 0 Å². The molecule has 1 aliphatic carbocycles. The maximum Gasteiger partial charge on any atom is 0.256 e. The van der Waals surface area contributed by atoms with Crippen LogP contribution < -0.4 is 5.32 Å². The molecule has 162 valence electrons. The van der Waals surface area contributed by atoms with Crippen molar-refractivity contribution >= 4 is 17.7 Å². The van der Waals surface area contributed by atoms with E-state index in [0.717, 1.165) is 45.2 Å². The Balaban J connectivity index is 1.41. The molecule has 2 heterocycles. The van der Waals surface area contributed by atoms with Crippen molar-refractivity contribution in [2.45, 2.75) is 51.0 Å². The molecule has 1 saturated carbocycles. The second kappa shape index (κ2) is 9.14. The molecule has 1 aromatic rings. The van der Waals surface area contributed by atoms with Gasteiger partial charge in [-0.25, -0.2) is 4.39 Å². The van der Waals surface area contributed by atoms with Crippen LogP contribution in [-0.4, -0.2) is 59.7 Å². The zero-order chi connectivity index (χ0) is 21.1. The number of nitrogens with one attached hydrogen (secondary N) is 1. The van der Waals surface area contributed by atoms with Gasteiger partial charge in [-0.15, -0.1) is 0 Å². The van der Waals surface area contributed by atoms with E-state index < -0.39 is 11.9 Å². The van der Waals surface area contributed by atoms with E-state index in [1.54, 1.807) is 17.0 Å². The van der Waals surface area contributed by atoms with Crippen LogP contribution in [0.15, 0.2) is 24.3 Å². The first-order valence-corrected chi connectivity index (χ1v) is 11.2. The predicted octanol–water partition coefficient (Wildman–Crippen LogP) is 2.59. The number of hydrogen-bond acceptors (Lipinski definition) is 3. The Hall–Kier alpha value is -2.44. The molecule has 0 radical (unpaired) electrons. The van der Waals surface area contributed by atoms with Crippen LogP contribution in [0.2, 0.25) is 0 Å². The van der Waals surface area contributed by atoms with E-state index >= 15 is 0 Å². The Labute approximate surface area is 176 Å². The lowest BCUT2D eigenvalue weighted by molar-refractivity contribution is -0.139. The van der Waals surface area contributed by atoms with Crippen LogP contribution in [0.25, 0.3) is 0 Å². The third-order valence-corrected chi connectivity index (χ3v) is 6.58. The van der Waals surface area contributed by atoms with Crippen LogP contribution in [0.3, 0.4) is 0 Å². The molecule has 4 rings (SSSR count). The molecule has 1 atom stereocenters. The summed E-state index contributed by atoms with van der Waals surface area (Å²) in [6.07, 6.45) is 6.18. The van der Waals surface area contributed by atoms with Crippen LogP contribution in [-0.2, 0) is 9.59 Å². The van der Waals surface area contributed by atoms with E-state index in [9.17, 15) is 18.8 Å². The van der Waals surface area contributed by atoms with Gasteiger partial charge in [0.05, 0.1) is 5.56 Å². The number of nitrogens with zero attached hydrogens (tertiary/aromatic N) is 2. The first kappa shape index (κ1) is 20.8. The Kier molecular flexibility index (Phi) is 6.35. The van der Waals surface area contributed by atoms with Crippen molar-refractivity contribution in [3.63, 3.8) is 0 Å². The Morgan fingerprint density at radius 2 is 1.57 bits per heavy atom. The lowest BCUT2D eigenvalue weighted by Gasteiger charge is -2.38. The van der Waals surface area contributed by atoms with Crippen LogP contribution in [0.4, 0.5) is 4.39 Å². The Morgan fingerprint density at radius 3 is 2.20 bits per heavy atom. The maximum absolute atomic E-state index is 14.0. The molecule has 0 spiro atoms. The lowest BCUT2D eigenvalue weighted by Crippen LogP contribution is -2.55. The highest BCUT2D eigenvalue weighted by Crippen LogP contribution is 2.30. The quantitative estimate of drug-likeness (QED) is 0.804. The summed E-state index contributed by atoms with van der Waals surface area (Å²) < 4.78 is 14.0. The first-order valence-electron chi connectivity index (χ1n) is 11.2. The summed E-state index contributed by atoms with van der Waals surface area (Å²) in [5.74, 6) is -0.791. The molecule has 2 saturated heterocycles. The summed E-state index contributed by atoms with van der Waals surface area (Å²) in [5, 5.41) is 3.04. The van der Waals surface area contributed by atoms with Crippen molar-refractivity contribution < 1.29 is 18.8 Å². The highest BCUT2D eigenvalue weighted by Gasteiger charge is 2.39. The SMILES string of the molecule is O=C(NC(C(=O)N1CCCCC1)C1CCN(C(=O)c2ccccc2F)CC1)C1CC1. The lowest BCUT2D eigenvalue weighted by atomic mass is 9.87. The number of carbonyl (C=O) groups excluding carboxylic acids is 3. The van der Waals surface area contributed by atoms with Crippen LogP contribution in [0.5, 0.6) is 0 Å². The summed E-state index contributed by atoms with van der Waals surface area (Å²) in [6.45, 7) is 2.42. The molecular weight excluding hydrogens is 385 g/mol. The van der Waals surface area contributed by atoms with Gasteiger partial charge in [-0.05, 0) is 63.0 Å². The molecule has 3 aliphatic rings. The molecule has 1 unspecified atom stereocenters. The molecule has 1 N–H and O–H groups in total. The van der Waals surface area contributed by atoms with E-state index in [-0.39, 0.29) is 35.1 Å². The van der Waals surface area contributed by atoms with Gasteiger partial charge in [0.15, 0.2) is 0 Å². The number of rotatable bonds is 5. The smallest absolute Gasteiger partial charge is 0.256 e. The molecule has 3 fully saturated rings. The summed E-state index contributed by atoms with van der Waals surface area (Å²) in [7, 11) is 0. The van der Waals surface area contributed by atoms with E-state index in [1.807, 2.05) is 4.90 Å². The highest BCUT2D eigenvalue weighted by atomic mass is 19.1. The number of halogens is 1. The van der Waals surface area contributed by atoms with E-state index in [2.05, 4.69) is 5.32 Å². The monoisotopic (exact) mass is 415 g/mol. The standard InChI is InChI=1S/C23H30FN3O3/c24-19-7-3-2-6-18(19)22(29)27-14-10-16(11-15-27)20(25-21(28)17-8-9-17)23(30)26-12-4-1-5-13-26/h2-3,6-7,16-17,20H,1,4-5,8-15H2,(H,25,28). The highest BCUT2D eigenvalue weighted by molar-refractivity contribution is 5.94. The third-order valence-electron chi connectivity index (χ3n) is 6.58. The maximum atomic E-state index is 14.0. The number of hydrogen-bond donors (Lipinski definition) is 1. The number of benzene rings is 1. The molecular formula is C23H30FN3O3. The van der Waals surface area contributed by atoms with E-state index in [1.165, 1.54) is 12.1 Å². The van der Waals surface area contributed by atoms with Gasteiger partial charge in [-0.3, -0.25) is 14.4 Å². The average molecular weight is 416 g/mol. The van der Waals surface area contributed by atoms with Crippen molar-refractivity contribution in [2.24, 2.45) is 11.8 Å². The second-order valence-corrected chi connectivity index (χ2v) is 8.76. The van der Waals surface area contributed by atoms with Crippen LogP contribution in [0, 0.1) is 17.7 Å². The normalized spacial score (nSPS) is 21.2. The molecule has 3 amide bonds. The number of likely N-dealkylation sites (tertiary alicyclic amines) is 2. The van der Waals surface area contributed by atoms with Gasteiger partial charge >= 0.3 is 0 Å². The van der Waals surface area contributed by atoms with Gasteiger partial charge in [-0.1, -0.05) is 12.1 Å². The summed E-state index contributed by atoms with van der Waals surface area (Å²) >= 11 is 0. The fourth-order valence-corrected chi connectivity index (χ4v) is 4.55. The topological polar surface area (TPSA) is 69.7 Å². The first-order chi connectivity index (χ1) is 14.5. The molecule has 30 heavy (non-hydrogen) atoms. The van der Waals surface area contributed by atoms with E-state index in [4.69, 9.17) is 0 Å². The average Bonchev–Trinajstić information content (AvgIpc) is 3.63. The minimum Gasteiger partial charge on any atom is -0.344 e. The minimum absolute atomic E-state index is 0.00760. The summed E-state index contributed by atoms with van der Waals surface area (Å²) in [6, 6.07) is 5.49. The van der Waals surface area contributed by atoms with Crippen LogP contribution in [0.1, 0.15) is 55.3 Å². The van der Waals surface area contributed by atoms with Crippen molar-refractivity contribution in [3.05, 3.63) is 35.6 Å². The zero-order valence-electron chi connectivity index (χ0n) is 17.3. The van der Waals surface area contributed by atoms with Gasteiger partial charge in [0, 0.05) is 32.1 Å². The Morgan fingerprint density at radius 1 is 0.900 bits per heavy atom. The van der Waals surface area contributed by atoms with Crippen molar-refractivity contribution in [1.29, 1.82) is 0 Å². The van der Waals surface area contributed by atoms with Crippen molar-refractivity contribution in [1.82, 2.24) is 15.1 Å². The fraction of sp³-hybridized carbons (Fsp3) is 0.609. The second-order valence-electron chi connectivity index (χ2n) is 8.76. The Bertz CT molecular complexity index is 797. The zero-order valence-corrected chi connectivity index (χ0v) is 17.3. The van der Waals surface area contributed by atoms with Gasteiger partial charge in [0.2, 0.25) is 11.8 Å². The van der Waals surface area contributed by atoms with Gasteiger partial charge in [0.1, 0.15) is 11.9 Å². The predicted molar refractivity (Wildman–Crippen MR) is 110 cm³/mol. The van der Waals surface area contributed by atoms with Gasteiger partial charge < -0.3 is 15.1 Å². The number of carbonyl (C=O) groups is 3. The molecule has 7 heteroatoms. The number of piperidine rings is 2. The largest absolute Gasteiger partial charge is 0.344 e. The van der Waals surface area contributed by atoms with Gasteiger partial charge in [-0.2, -0.15) is 0 Å². The molecule has 1 aromatic carbocycles. The summed E-state index contributed by atoms with van der Waals surface area (Å²) in [4.78, 5) is 41.9. The molecule has 0 bridgehead atoms. The molecule has 2 aliphatic heterocycles.